The van der Waals surface area contributed by atoms with Crippen LogP contribution >= 0.6 is 0 Å². The Morgan fingerprint density at radius 3 is 2.19 bits per heavy atom. The van der Waals surface area contributed by atoms with Crippen LogP contribution in [0, 0.1) is 11.8 Å². The van der Waals surface area contributed by atoms with Crippen molar-refractivity contribution in [1.29, 1.82) is 0 Å². The van der Waals surface area contributed by atoms with Gasteiger partial charge in [-0.15, -0.1) is 0 Å². The van der Waals surface area contributed by atoms with E-state index in [1.54, 1.807) is 42.5 Å². The lowest BCUT2D eigenvalue weighted by Gasteiger charge is -2.09. The number of rotatable bonds is 4. The van der Waals surface area contributed by atoms with Crippen molar-refractivity contribution in [1.82, 2.24) is 0 Å². The predicted molar refractivity (Wildman–Crippen MR) is 110 cm³/mol. The van der Waals surface area contributed by atoms with Gasteiger partial charge < -0.3 is 10.4 Å². The number of alkyl halides is 3. The van der Waals surface area contributed by atoms with Gasteiger partial charge in [0.25, 0.3) is 5.91 Å². The van der Waals surface area contributed by atoms with Crippen LogP contribution in [-0.4, -0.2) is 17.0 Å². The van der Waals surface area contributed by atoms with Crippen LogP contribution in [0.2, 0.25) is 0 Å². The van der Waals surface area contributed by atoms with Gasteiger partial charge >= 0.3 is 12.1 Å². The van der Waals surface area contributed by atoms with Crippen molar-refractivity contribution in [2.45, 2.75) is 12.6 Å². The summed E-state index contributed by atoms with van der Waals surface area (Å²) >= 11 is 0. The Labute approximate surface area is 176 Å². The molecule has 31 heavy (non-hydrogen) atoms. The van der Waals surface area contributed by atoms with Crippen LogP contribution in [0.15, 0.2) is 72.8 Å². The summed E-state index contributed by atoms with van der Waals surface area (Å²) in [6, 6.07) is 17.6. The number of halogens is 3. The molecule has 0 aliphatic rings. The highest BCUT2D eigenvalue weighted by atomic mass is 19.4. The molecule has 0 aliphatic carbocycles. The quantitative estimate of drug-likeness (QED) is 0.582. The van der Waals surface area contributed by atoms with Crippen LogP contribution in [0.4, 0.5) is 18.9 Å². The minimum atomic E-state index is -4.45. The van der Waals surface area contributed by atoms with E-state index in [1.807, 2.05) is 0 Å². The van der Waals surface area contributed by atoms with Crippen LogP contribution < -0.4 is 5.32 Å². The molecular weight excluding hydrogens is 407 g/mol. The van der Waals surface area contributed by atoms with E-state index in [1.165, 1.54) is 18.2 Å². The highest BCUT2D eigenvalue weighted by Crippen LogP contribution is 2.29. The van der Waals surface area contributed by atoms with E-state index in [4.69, 9.17) is 5.11 Å². The van der Waals surface area contributed by atoms with Gasteiger partial charge in [0.05, 0.1) is 12.0 Å². The second-order valence-electron chi connectivity index (χ2n) is 6.59. The van der Waals surface area contributed by atoms with E-state index in [9.17, 15) is 22.8 Å². The molecule has 3 rings (SSSR count). The summed E-state index contributed by atoms with van der Waals surface area (Å²) in [6.07, 6.45) is -4.73. The second kappa shape index (κ2) is 9.18. The van der Waals surface area contributed by atoms with Crippen molar-refractivity contribution in [3.8, 4) is 11.8 Å². The molecule has 2 N–H and O–H groups in total. The fourth-order valence-corrected chi connectivity index (χ4v) is 2.85. The minimum absolute atomic E-state index is 0.215. The Morgan fingerprint density at radius 2 is 1.52 bits per heavy atom. The first-order chi connectivity index (χ1) is 14.7. The normalized spacial score (nSPS) is 10.7. The van der Waals surface area contributed by atoms with E-state index in [0.29, 0.717) is 16.8 Å². The first kappa shape index (κ1) is 21.7. The van der Waals surface area contributed by atoms with Crippen LogP contribution in [0.3, 0.4) is 0 Å². The number of hydrogen-bond acceptors (Lipinski definition) is 2. The van der Waals surface area contributed by atoms with Gasteiger partial charge in [-0.2, -0.15) is 13.2 Å². The lowest BCUT2D eigenvalue weighted by molar-refractivity contribution is -0.138. The zero-order chi connectivity index (χ0) is 22.4. The second-order valence-corrected chi connectivity index (χ2v) is 6.59. The highest BCUT2D eigenvalue weighted by molar-refractivity contribution is 6.05. The molecule has 0 heterocycles. The Bertz CT molecular complexity index is 1190. The molecule has 0 bridgehead atoms. The van der Waals surface area contributed by atoms with Crippen LogP contribution in [0.25, 0.3) is 0 Å². The molecule has 0 aromatic heterocycles. The first-order valence-electron chi connectivity index (χ1n) is 9.13. The lowest BCUT2D eigenvalue weighted by atomic mass is 10.0. The van der Waals surface area contributed by atoms with Gasteiger partial charge in [-0.1, -0.05) is 42.2 Å². The number of carboxylic acids is 1. The molecule has 0 aliphatic heterocycles. The number of benzene rings is 3. The molecule has 0 fully saturated rings. The van der Waals surface area contributed by atoms with Gasteiger partial charge in [0.1, 0.15) is 0 Å². The molecular formula is C24H16F3NO3. The van der Waals surface area contributed by atoms with Gasteiger partial charge in [0.15, 0.2) is 0 Å². The first-order valence-corrected chi connectivity index (χ1v) is 9.13. The predicted octanol–water partition coefficient (Wildman–Crippen LogP) is 4.98. The summed E-state index contributed by atoms with van der Waals surface area (Å²) in [5.41, 5.74) is 0.977. The monoisotopic (exact) mass is 423 g/mol. The third-order valence-electron chi connectivity index (χ3n) is 4.27. The number of aliphatic carboxylic acids is 1. The number of hydrogen-bond donors (Lipinski definition) is 2. The third kappa shape index (κ3) is 5.97. The molecule has 3 aromatic rings. The van der Waals surface area contributed by atoms with Crippen molar-refractivity contribution in [2.75, 3.05) is 5.32 Å². The van der Waals surface area contributed by atoms with Crippen LogP contribution in [0.1, 0.15) is 32.6 Å². The van der Waals surface area contributed by atoms with Crippen molar-refractivity contribution < 1.29 is 27.9 Å². The summed E-state index contributed by atoms with van der Waals surface area (Å²) < 4.78 is 38.5. The molecule has 1 amide bonds. The summed E-state index contributed by atoms with van der Waals surface area (Å²) in [6.45, 7) is 0. The number of nitrogens with one attached hydrogen (secondary N) is 1. The third-order valence-corrected chi connectivity index (χ3v) is 4.27. The van der Waals surface area contributed by atoms with Gasteiger partial charge in [-0.3, -0.25) is 9.59 Å². The molecule has 156 valence electrons. The highest BCUT2D eigenvalue weighted by Gasteiger charge is 2.30. The topological polar surface area (TPSA) is 66.4 Å². The van der Waals surface area contributed by atoms with Gasteiger partial charge in [0.2, 0.25) is 0 Å². The van der Waals surface area contributed by atoms with Crippen LogP contribution in [-0.2, 0) is 17.4 Å². The van der Waals surface area contributed by atoms with Crippen molar-refractivity contribution in [3.63, 3.8) is 0 Å². The molecule has 0 saturated heterocycles. The molecule has 0 radical (unpaired) electrons. The van der Waals surface area contributed by atoms with Crippen LogP contribution in [0.5, 0.6) is 0 Å². The Morgan fingerprint density at radius 1 is 0.871 bits per heavy atom. The fourth-order valence-electron chi connectivity index (χ4n) is 2.85. The molecule has 0 unspecified atom stereocenters. The number of carboxylic acid groups (broad SMARTS) is 1. The molecule has 3 aromatic carbocycles. The molecule has 7 heteroatoms. The van der Waals surface area contributed by atoms with Gasteiger partial charge in [0, 0.05) is 22.4 Å². The van der Waals surface area contributed by atoms with E-state index >= 15 is 0 Å². The van der Waals surface area contributed by atoms with E-state index < -0.39 is 23.6 Å². The number of amides is 1. The van der Waals surface area contributed by atoms with E-state index in [-0.39, 0.29) is 17.5 Å². The summed E-state index contributed by atoms with van der Waals surface area (Å²) in [7, 11) is 0. The Hall–Kier alpha value is -4.05. The molecule has 4 nitrogen and oxygen atoms in total. The summed E-state index contributed by atoms with van der Waals surface area (Å²) in [5.74, 6) is 3.95. The average molecular weight is 423 g/mol. The zero-order valence-corrected chi connectivity index (χ0v) is 16.0. The SMILES string of the molecule is O=C(O)Cc1ccccc1C(=O)Nc1cccc(C#Cc2cccc(C(F)(F)F)c2)c1. The maximum absolute atomic E-state index is 12.8. The van der Waals surface area contributed by atoms with Gasteiger partial charge in [-0.25, -0.2) is 0 Å². The lowest BCUT2D eigenvalue weighted by Crippen LogP contribution is -2.15. The smallest absolute Gasteiger partial charge is 0.416 e. The fraction of sp³-hybridized carbons (Fsp3) is 0.0833. The Balaban J connectivity index is 1.79. The van der Waals surface area contributed by atoms with E-state index in [0.717, 1.165) is 12.1 Å². The van der Waals surface area contributed by atoms with Crippen molar-refractivity contribution in [2.24, 2.45) is 0 Å². The zero-order valence-electron chi connectivity index (χ0n) is 16.0. The average Bonchev–Trinajstić information content (AvgIpc) is 2.72. The summed E-state index contributed by atoms with van der Waals surface area (Å²) in [5, 5.41) is 11.7. The standard InChI is InChI=1S/C24H16F3NO3/c25-24(26,27)19-8-3-5-16(13-19)11-12-17-6-4-9-20(14-17)28-23(31)21-10-2-1-7-18(21)15-22(29)30/h1-10,13-14H,15H2,(H,28,31)(H,29,30). The van der Waals surface area contributed by atoms with E-state index in [2.05, 4.69) is 17.2 Å². The largest absolute Gasteiger partial charge is 0.481 e. The molecule has 0 spiro atoms. The number of anilines is 1. The van der Waals surface area contributed by atoms with Crippen molar-refractivity contribution in [3.05, 3.63) is 101 Å². The minimum Gasteiger partial charge on any atom is -0.481 e. The molecule has 0 saturated carbocycles. The summed E-state index contributed by atoms with van der Waals surface area (Å²) in [4.78, 5) is 23.6. The Kier molecular flexibility index (Phi) is 6.41. The van der Waals surface area contributed by atoms with Gasteiger partial charge in [-0.05, 0) is 48.0 Å². The molecule has 0 atom stereocenters. The number of carbonyl (C=O) groups is 2. The van der Waals surface area contributed by atoms with Crippen molar-refractivity contribution >= 4 is 17.6 Å². The number of carbonyl (C=O) groups excluding carboxylic acids is 1. The maximum Gasteiger partial charge on any atom is 0.416 e. The maximum atomic E-state index is 12.8.